The van der Waals surface area contributed by atoms with Gasteiger partial charge in [0, 0.05) is 123 Å². The van der Waals surface area contributed by atoms with E-state index < -0.39 is 0 Å². The second kappa shape index (κ2) is 24.9. The Morgan fingerprint density at radius 3 is 1.94 bits per heavy atom. The summed E-state index contributed by atoms with van der Waals surface area (Å²) in [5.41, 5.74) is 15.9. The molecule has 0 spiro atoms. The van der Waals surface area contributed by atoms with Crippen LogP contribution >= 0.6 is 11.8 Å². The minimum atomic E-state index is -0.203. The van der Waals surface area contributed by atoms with E-state index in [9.17, 15) is 4.79 Å². The first-order valence-electron chi connectivity index (χ1n) is 28.8. The molecule has 0 saturated heterocycles. The standard InChI is InChI=1S/C68H84N5O5S/c1-13-69(14-2)51-26-34-59-61(44-51)78-62-45-52(70(15-3)16-4)27-35-60(62)73(59)65(74)46-79-54-30-28-53(29-31-54)77-66-49(24-36-63-67(7,8)55-42-47(5)22-32-57(55)71(63)38-18-40-75-11)20-17-21-50(66)25-37-64-68(9,10)56-43-48(6)23-33-58(56)72(64)39-19-41-76-12/h22-37,42-45H,13-21,38-41,46H2,1-12H3/q+1. The van der Waals surface area contributed by atoms with Crippen molar-refractivity contribution < 1.29 is 28.3 Å². The third-order valence-corrected chi connectivity index (χ3v) is 17.4. The molecule has 0 saturated carbocycles. The van der Waals surface area contributed by atoms with Gasteiger partial charge in [0.2, 0.25) is 11.6 Å². The molecule has 0 bridgehead atoms. The van der Waals surface area contributed by atoms with Crippen LogP contribution in [0, 0.1) is 13.8 Å². The number of aryl methyl sites for hydroxylation is 2. The third kappa shape index (κ3) is 11.9. The fraction of sp³-hybridized carbons (Fsp3) is 0.412. The van der Waals surface area contributed by atoms with Crippen LogP contribution in [0.5, 0.6) is 17.2 Å². The number of allylic oxidation sites excluding steroid dienone is 7. The highest BCUT2D eigenvalue weighted by Crippen LogP contribution is 2.51. The second-order valence-corrected chi connectivity index (χ2v) is 23.3. The van der Waals surface area contributed by atoms with E-state index in [1.54, 1.807) is 14.2 Å². The van der Waals surface area contributed by atoms with Crippen molar-refractivity contribution in [3.63, 3.8) is 0 Å². The summed E-state index contributed by atoms with van der Waals surface area (Å²) in [5, 5.41) is 0. The van der Waals surface area contributed by atoms with Gasteiger partial charge in [0.1, 0.15) is 11.5 Å². The van der Waals surface area contributed by atoms with Gasteiger partial charge in [-0.15, -0.1) is 11.8 Å². The van der Waals surface area contributed by atoms with Gasteiger partial charge in [0.25, 0.3) is 0 Å². The SMILES string of the molecule is CCN(CC)c1ccc2c(c1)Oc1cc(N(CC)CC)ccc1N2C(=O)CSc1ccc(OC2=C(/C=C/C3=[N+](CCCOC)c4ccc(C)cc4C3(C)C)CCC/C2=C\C=C2\N(CCCOC)c3ccc(C)cc3C2(C)C)cc1. The predicted octanol–water partition coefficient (Wildman–Crippen LogP) is 15.7. The van der Waals surface area contributed by atoms with Crippen molar-refractivity contribution in [3.8, 4) is 17.2 Å². The molecule has 9 rings (SSSR count). The molecule has 0 unspecified atom stereocenters. The topological polar surface area (TPSA) is 70.0 Å². The van der Waals surface area contributed by atoms with Gasteiger partial charge in [-0.05, 0) is 171 Å². The maximum Gasteiger partial charge on any atom is 0.242 e. The fourth-order valence-electron chi connectivity index (χ4n) is 12.1. The molecule has 0 atom stereocenters. The third-order valence-electron chi connectivity index (χ3n) is 16.4. The number of carbonyl (C=O) groups excluding carboxylic acids is 1. The van der Waals surface area contributed by atoms with Gasteiger partial charge in [-0.3, -0.25) is 9.69 Å². The highest BCUT2D eigenvalue weighted by molar-refractivity contribution is 8.00. The van der Waals surface area contributed by atoms with Crippen LogP contribution in [0.1, 0.15) is 110 Å². The first kappa shape index (κ1) is 57.2. The molecule has 4 aliphatic rings. The molecule has 5 aromatic rings. The van der Waals surface area contributed by atoms with E-state index in [1.165, 1.54) is 67.9 Å². The Hall–Kier alpha value is -6.53. The van der Waals surface area contributed by atoms with Gasteiger partial charge in [-0.2, -0.15) is 4.58 Å². The summed E-state index contributed by atoms with van der Waals surface area (Å²) in [6.45, 7) is 29.0. The number of anilines is 5. The molecule has 10 nitrogen and oxygen atoms in total. The van der Waals surface area contributed by atoms with Gasteiger partial charge in [-0.1, -0.05) is 49.2 Å². The number of amides is 1. The van der Waals surface area contributed by atoms with Crippen LogP contribution in [0.4, 0.5) is 34.1 Å². The lowest BCUT2D eigenvalue weighted by atomic mass is 9.80. The largest absolute Gasteiger partial charge is 0.457 e. The molecule has 0 fully saturated rings. The van der Waals surface area contributed by atoms with Crippen molar-refractivity contribution in [1.82, 2.24) is 0 Å². The number of methoxy groups -OCH3 is 2. The van der Waals surface area contributed by atoms with Gasteiger partial charge in [0.15, 0.2) is 23.8 Å². The summed E-state index contributed by atoms with van der Waals surface area (Å²) in [6.07, 6.45) is 14.0. The zero-order chi connectivity index (χ0) is 56.0. The quantitative estimate of drug-likeness (QED) is 0.0383. The summed E-state index contributed by atoms with van der Waals surface area (Å²) in [5.74, 6) is 3.24. The number of ether oxygens (including phenoxy) is 4. The molecule has 1 amide bonds. The molecule has 3 heterocycles. The van der Waals surface area contributed by atoms with Crippen LogP contribution in [-0.4, -0.2) is 88.6 Å². The number of benzene rings is 5. The Bertz CT molecular complexity index is 3130. The van der Waals surface area contributed by atoms with Crippen LogP contribution in [0.25, 0.3) is 0 Å². The molecular weight excluding hydrogens is 999 g/mol. The highest BCUT2D eigenvalue weighted by Gasteiger charge is 2.45. The van der Waals surface area contributed by atoms with E-state index in [0.717, 1.165) is 111 Å². The number of hydrogen-bond donors (Lipinski definition) is 0. The number of fused-ring (bicyclic) bond motifs is 4. The Morgan fingerprint density at radius 2 is 1.30 bits per heavy atom. The van der Waals surface area contributed by atoms with Crippen LogP contribution < -0.4 is 29.1 Å². The van der Waals surface area contributed by atoms with Gasteiger partial charge in [0.05, 0.1) is 29.1 Å². The molecule has 5 aromatic carbocycles. The Labute approximate surface area is 476 Å². The smallest absolute Gasteiger partial charge is 0.242 e. The van der Waals surface area contributed by atoms with Crippen molar-refractivity contribution >= 4 is 57.5 Å². The normalized spacial score (nSPS) is 17.1. The number of thioether (sulfide) groups is 1. The van der Waals surface area contributed by atoms with Gasteiger partial charge >= 0.3 is 0 Å². The van der Waals surface area contributed by atoms with E-state index in [0.29, 0.717) is 24.7 Å². The predicted molar refractivity (Wildman–Crippen MR) is 330 cm³/mol. The fourth-order valence-corrected chi connectivity index (χ4v) is 12.8. The minimum absolute atomic E-state index is 0.0188. The van der Waals surface area contributed by atoms with Crippen molar-refractivity contribution in [2.45, 2.75) is 117 Å². The average molecular weight is 1080 g/mol. The van der Waals surface area contributed by atoms with Crippen LogP contribution in [0.3, 0.4) is 0 Å². The van der Waals surface area contributed by atoms with Crippen LogP contribution in [-0.2, 0) is 25.1 Å². The van der Waals surface area contributed by atoms with Crippen LogP contribution in [0.2, 0.25) is 0 Å². The van der Waals surface area contributed by atoms with Crippen molar-refractivity contribution in [2.24, 2.45) is 0 Å². The van der Waals surface area contributed by atoms with E-state index in [2.05, 4.69) is 198 Å². The summed E-state index contributed by atoms with van der Waals surface area (Å²) in [7, 11) is 3.56. The zero-order valence-corrected chi connectivity index (χ0v) is 49.9. The Balaban J connectivity index is 1.04. The highest BCUT2D eigenvalue weighted by atomic mass is 32.2. The number of carbonyl (C=O) groups is 1. The first-order chi connectivity index (χ1) is 38.1. The maximum atomic E-state index is 14.6. The summed E-state index contributed by atoms with van der Waals surface area (Å²) < 4.78 is 27.4. The zero-order valence-electron chi connectivity index (χ0n) is 49.1. The number of nitrogens with zero attached hydrogens (tertiary/aromatic N) is 5. The lowest BCUT2D eigenvalue weighted by Gasteiger charge is -2.33. The number of rotatable bonds is 22. The van der Waals surface area contributed by atoms with E-state index in [4.69, 9.17) is 18.9 Å². The summed E-state index contributed by atoms with van der Waals surface area (Å²) in [6, 6.07) is 34.4. The van der Waals surface area contributed by atoms with Gasteiger partial charge in [-0.25, -0.2) is 0 Å². The van der Waals surface area contributed by atoms with Crippen molar-refractivity contribution in [1.29, 1.82) is 0 Å². The van der Waals surface area contributed by atoms with E-state index >= 15 is 0 Å². The molecule has 79 heavy (non-hydrogen) atoms. The van der Waals surface area contributed by atoms with Crippen LogP contribution in [0.15, 0.2) is 149 Å². The molecule has 1 aliphatic carbocycles. The lowest BCUT2D eigenvalue weighted by Crippen LogP contribution is -2.31. The molecule has 416 valence electrons. The monoisotopic (exact) mass is 1080 g/mol. The Kier molecular flexibility index (Phi) is 18.0. The molecular formula is C68H84N5O5S+. The molecule has 0 radical (unpaired) electrons. The minimum Gasteiger partial charge on any atom is -0.457 e. The Morgan fingerprint density at radius 1 is 0.696 bits per heavy atom. The van der Waals surface area contributed by atoms with E-state index in [-0.39, 0.29) is 22.5 Å². The van der Waals surface area contributed by atoms with Crippen molar-refractivity contribution in [3.05, 3.63) is 166 Å². The summed E-state index contributed by atoms with van der Waals surface area (Å²) >= 11 is 1.53. The molecule has 11 heteroatoms. The second-order valence-electron chi connectivity index (χ2n) is 22.3. The van der Waals surface area contributed by atoms with Crippen molar-refractivity contribution in [2.75, 3.05) is 92.1 Å². The maximum absolute atomic E-state index is 14.6. The summed E-state index contributed by atoms with van der Waals surface area (Å²) in [4.78, 5) is 24.6. The number of hydrogen-bond acceptors (Lipinski definition) is 9. The average Bonchev–Trinajstić information content (AvgIpc) is 3.78. The first-order valence-corrected chi connectivity index (χ1v) is 29.8. The lowest BCUT2D eigenvalue weighted by molar-refractivity contribution is -0.438. The molecule has 0 aromatic heterocycles. The van der Waals surface area contributed by atoms with Gasteiger partial charge < -0.3 is 33.6 Å². The molecule has 3 aliphatic heterocycles. The van der Waals surface area contributed by atoms with E-state index in [1.807, 2.05) is 17.0 Å². The molecule has 0 N–H and O–H groups in total.